The first kappa shape index (κ1) is 10.7. The van der Waals surface area contributed by atoms with E-state index in [0.29, 0.717) is 11.7 Å². The normalized spacial score (nSPS) is 27.8. The van der Waals surface area contributed by atoms with E-state index in [4.69, 9.17) is 0 Å². The lowest BCUT2D eigenvalue weighted by Gasteiger charge is -2.07. The van der Waals surface area contributed by atoms with Gasteiger partial charge in [0.2, 0.25) is 0 Å². The van der Waals surface area contributed by atoms with Crippen molar-refractivity contribution in [2.24, 2.45) is 11.8 Å². The average molecular weight is 182 g/mol. The summed E-state index contributed by atoms with van der Waals surface area (Å²) in [6.45, 7) is 4.45. The molecule has 0 N–H and O–H groups in total. The fourth-order valence-electron chi connectivity index (χ4n) is 2.25. The lowest BCUT2D eigenvalue weighted by atomic mass is 9.97. The summed E-state index contributed by atoms with van der Waals surface area (Å²) in [5, 5.41) is 0. The molecule has 0 aromatic rings. The molecule has 0 amide bonds. The van der Waals surface area contributed by atoms with E-state index in [9.17, 15) is 4.79 Å². The fraction of sp³-hybridized carbons (Fsp3) is 0.917. The van der Waals surface area contributed by atoms with Gasteiger partial charge in [-0.1, -0.05) is 26.7 Å². The number of ketones is 1. The summed E-state index contributed by atoms with van der Waals surface area (Å²) in [6.07, 6.45) is 7.97. The predicted molar refractivity (Wildman–Crippen MR) is 55.7 cm³/mol. The van der Waals surface area contributed by atoms with E-state index in [0.717, 1.165) is 31.6 Å². The molecule has 1 rings (SSSR count). The van der Waals surface area contributed by atoms with Crippen molar-refractivity contribution in [2.75, 3.05) is 0 Å². The van der Waals surface area contributed by atoms with Gasteiger partial charge < -0.3 is 0 Å². The highest BCUT2D eigenvalue weighted by Crippen LogP contribution is 2.31. The average Bonchev–Trinajstić information content (AvgIpc) is 2.52. The maximum absolute atomic E-state index is 11.7. The third-order valence-corrected chi connectivity index (χ3v) is 3.18. The molecule has 76 valence electrons. The van der Waals surface area contributed by atoms with Gasteiger partial charge in [-0.2, -0.15) is 0 Å². The summed E-state index contributed by atoms with van der Waals surface area (Å²) >= 11 is 0. The molecule has 1 aliphatic rings. The number of Topliss-reactive ketones (excluding diaryl/α,β-unsaturated/α-hetero) is 1. The Morgan fingerprint density at radius 2 is 2.08 bits per heavy atom. The Hall–Kier alpha value is -0.330. The molecule has 0 aliphatic heterocycles. The van der Waals surface area contributed by atoms with Gasteiger partial charge in [0, 0.05) is 12.3 Å². The van der Waals surface area contributed by atoms with Crippen molar-refractivity contribution >= 4 is 5.78 Å². The standard InChI is InChI=1S/C12H22O/c1-3-4-5-6-12(13)11-8-7-10(2)9-11/h10-11H,3-9H2,1-2H3. The van der Waals surface area contributed by atoms with Crippen LogP contribution in [0.1, 0.15) is 58.8 Å². The van der Waals surface area contributed by atoms with Crippen molar-refractivity contribution in [3.63, 3.8) is 0 Å². The van der Waals surface area contributed by atoms with Gasteiger partial charge in [0.15, 0.2) is 0 Å². The predicted octanol–water partition coefficient (Wildman–Crippen LogP) is 3.57. The molecule has 2 atom stereocenters. The van der Waals surface area contributed by atoms with Crippen LogP contribution in [-0.2, 0) is 4.79 Å². The van der Waals surface area contributed by atoms with E-state index >= 15 is 0 Å². The molecule has 0 bridgehead atoms. The first-order chi connectivity index (χ1) is 6.24. The molecule has 0 heterocycles. The zero-order valence-corrected chi connectivity index (χ0v) is 9.01. The summed E-state index contributed by atoms with van der Waals surface area (Å²) in [4.78, 5) is 11.7. The molecule has 0 aromatic carbocycles. The maximum atomic E-state index is 11.7. The third-order valence-electron chi connectivity index (χ3n) is 3.18. The number of rotatable bonds is 5. The Kier molecular flexibility index (Phi) is 4.47. The molecule has 1 saturated carbocycles. The summed E-state index contributed by atoms with van der Waals surface area (Å²) in [7, 11) is 0. The second-order valence-electron chi connectivity index (χ2n) is 4.54. The molecule has 0 radical (unpaired) electrons. The third kappa shape index (κ3) is 3.50. The van der Waals surface area contributed by atoms with E-state index in [1.807, 2.05) is 0 Å². The number of carbonyl (C=O) groups is 1. The summed E-state index contributed by atoms with van der Waals surface area (Å²) in [5.74, 6) is 1.75. The van der Waals surface area contributed by atoms with E-state index < -0.39 is 0 Å². The molecule has 0 spiro atoms. The zero-order valence-electron chi connectivity index (χ0n) is 9.01. The van der Waals surface area contributed by atoms with Gasteiger partial charge in [0.05, 0.1) is 0 Å². The molecule has 1 nitrogen and oxygen atoms in total. The molecule has 0 aromatic heterocycles. The minimum absolute atomic E-state index is 0.423. The van der Waals surface area contributed by atoms with Crippen molar-refractivity contribution in [1.82, 2.24) is 0 Å². The Morgan fingerprint density at radius 3 is 2.62 bits per heavy atom. The first-order valence-electron chi connectivity index (χ1n) is 5.76. The highest BCUT2D eigenvalue weighted by Gasteiger charge is 2.26. The SMILES string of the molecule is CCCCCC(=O)C1CCC(C)C1. The van der Waals surface area contributed by atoms with E-state index in [1.54, 1.807) is 0 Å². The van der Waals surface area contributed by atoms with Gasteiger partial charge in [-0.15, -0.1) is 0 Å². The van der Waals surface area contributed by atoms with Crippen molar-refractivity contribution in [3.8, 4) is 0 Å². The van der Waals surface area contributed by atoms with E-state index in [-0.39, 0.29) is 0 Å². The molecule has 2 unspecified atom stereocenters. The lowest BCUT2D eigenvalue weighted by Crippen LogP contribution is -2.10. The van der Waals surface area contributed by atoms with Crippen molar-refractivity contribution in [3.05, 3.63) is 0 Å². The van der Waals surface area contributed by atoms with Crippen LogP contribution in [0, 0.1) is 11.8 Å². The van der Waals surface area contributed by atoms with Crippen LogP contribution in [0.15, 0.2) is 0 Å². The molecule has 0 saturated heterocycles. The van der Waals surface area contributed by atoms with Gasteiger partial charge in [0.1, 0.15) is 5.78 Å². The number of hydrogen-bond acceptors (Lipinski definition) is 1. The smallest absolute Gasteiger partial charge is 0.135 e. The molecule has 1 aliphatic carbocycles. The highest BCUT2D eigenvalue weighted by atomic mass is 16.1. The largest absolute Gasteiger partial charge is 0.299 e. The number of carbonyl (C=O) groups excluding carboxylic acids is 1. The lowest BCUT2D eigenvalue weighted by molar-refractivity contribution is -0.122. The molecular formula is C12H22O. The Bertz CT molecular complexity index is 163. The Labute approximate surface area is 81.9 Å². The van der Waals surface area contributed by atoms with Crippen LogP contribution >= 0.6 is 0 Å². The monoisotopic (exact) mass is 182 g/mol. The van der Waals surface area contributed by atoms with Crippen molar-refractivity contribution < 1.29 is 4.79 Å². The van der Waals surface area contributed by atoms with Crippen molar-refractivity contribution in [1.29, 1.82) is 0 Å². The Balaban J connectivity index is 2.16. The van der Waals surface area contributed by atoms with Crippen molar-refractivity contribution in [2.45, 2.75) is 58.8 Å². The zero-order chi connectivity index (χ0) is 9.68. The fourth-order valence-corrected chi connectivity index (χ4v) is 2.25. The molecule has 13 heavy (non-hydrogen) atoms. The van der Waals surface area contributed by atoms with Gasteiger partial charge in [0.25, 0.3) is 0 Å². The molecular weight excluding hydrogens is 160 g/mol. The summed E-state index contributed by atoms with van der Waals surface area (Å²) < 4.78 is 0. The van der Waals surface area contributed by atoms with Gasteiger partial charge in [-0.05, 0) is 31.6 Å². The van der Waals surface area contributed by atoms with Gasteiger partial charge in [-0.25, -0.2) is 0 Å². The van der Waals surface area contributed by atoms with Gasteiger partial charge in [-0.3, -0.25) is 4.79 Å². The quantitative estimate of drug-likeness (QED) is 0.594. The molecule has 1 fully saturated rings. The maximum Gasteiger partial charge on any atom is 0.135 e. The number of unbranched alkanes of at least 4 members (excludes halogenated alkanes) is 2. The number of hydrogen-bond donors (Lipinski definition) is 0. The van der Waals surface area contributed by atoms with Gasteiger partial charge >= 0.3 is 0 Å². The summed E-state index contributed by atoms with van der Waals surface area (Å²) in [5.41, 5.74) is 0. The van der Waals surface area contributed by atoms with Crippen LogP contribution in [-0.4, -0.2) is 5.78 Å². The highest BCUT2D eigenvalue weighted by molar-refractivity contribution is 5.81. The van der Waals surface area contributed by atoms with Crippen LogP contribution in [0.2, 0.25) is 0 Å². The minimum atomic E-state index is 0.423. The second kappa shape index (κ2) is 5.41. The molecule has 1 heteroatoms. The van der Waals surface area contributed by atoms with Crippen LogP contribution in [0.25, 0.3) is 0 Å². The van der Waals surface area contributed by atoms with Crippen LogP contribution in [0.4, 0.5) is 0 Å². The topological polar surface area (TPSA) is 17.1 Å². The first-order valence-corrected chi connectivity index (χ1v) is 5.76. The van der Waals surface area contributed by atoms with Crippen LogP contribution in [0.5, 0.6) is 0 Å². The minimum Gasteiger partial charge on any atom is -0.299 e. The van der Waals surface area contributed by atoms with E-state index in [2.05, 4.69) is 13.8 Å². The van der Waals surface area contributed by atoms with E-state index in [1.165, 1.54) is 19.3 Å². The Morgan fingerprint density at radius 1 is 1.31 bits per heavy atom. The van der Waals surface area contributed by atoms with Crippen LogP contribution < -0.4 is 0 Å². The summed E-state index contributed by atoms with van der Waals surface area (Å²) in [6, 6.07) is 0. The van der Waals surface area contributed by atoms with Crippen LogP contribution in [0.3, 0.4) is 0 Å². The second-order valence-corrected chi connectivity index (χ2v) is 4.54.